The lowest BCUT2D eigenvalue weighted by atomic mass is 9.91. The van der Waals surface area contributed by atoms with Gasteiger partial charge in [-0.2, -0.15) is 0 Å². The van der Waals surface area contributed by atoms with Crippen LogP contribution in [0.1, 0.15) is 27.2 Å². The van der Waals surface area contributed by atoms with Gasteiger partial charge in [-0.3, -0.25) is 4.79 Å². The molecule has 0 aliphatic heterocycles. The zero-order chi connectivity index (χ0) is 8.91. The van der Waals surface area contributed by atoms with Crippen LogP contribution in [-0.4, -0.2) is 19.0 Å². The van der Waals surface area contributed by atoms with Gasteiger partial charge in [-0.15, -0.1) is 0 Å². The van der Waals surface area contributed by atoms with Crippen molar-refractivity contribution in [2.24, 2.45) is 5.41 Å². The predicted molar refractivity (Wildman–Crippen MR) is 49.3 cm³/mol. The molecule has 2 nitrogen and oxygen atoms in total. The fourth-order valence-electron chi connectivity index (χ4n) is 0.477. The number of rotatable bonds is 4. The molecule has 1 atom stereocenters. The quantitative estimate of drug-likeness (QED) is 0.485. The Bertz CT molecular complexity index is 132. The van der Waals surface area contributed by atoms with Crippen LogP contribution in [0.15, 0.2) is 0 Å². The van der Waals surface area contributed by atoms with Crippen LogP contribution in [0.2, 0.25) is 0 Å². The lowest BCUT2D eigenvalue weighted by molar-refractivity contribution is -0.151. The molecule has 11 heavy (non-hydrogen) atoms. The van der Waals surface area contributed by atoms with E-state index in [0.717, 1.165) is 6.42 Å². The molecule has 0 amide bonds. The zero-order valence-corrected chi connectivity index (χ0v) is 8.73. The summed E-state index contributed by atoms with van der Waals surface area (Å²) in [6.07, 6.45) is 1.40. The topological polar surface area (TPSA) is 26.3 Å². The van der Waals surface area contributed by atoms with Crippen molar-refractivity contribution in [1.82, 2.24) is 0 Å². The standard InChI is InChI=1S/C8H17O2P/c1-5-8(2,3)7(9)10-6-11-4/h11H,5-6H2,1-4H3. The highest BCUT2D eigenvalue weighted by atomic mass is 31.1. The summed E-state index contributed by atoms with van der Waals surface area (Å²) in [6, 6.07) is 0. The van der Waals surface area contributed by atoms with Crippen LogP contribution in [0, 0.1) is 5.41 Å². The molecule has 0 heterocycles. The second-order valence-corrected chi connectivity index (χ2v) is 4.16. The van der Waals surface area contributed by atoms with Gasteiger partial charge in [-0.25, -0.2) is 0 Å². The third-order valence-corrected chi connectivity index (χ3v) is 2.22. The van der Waals surface area contributed by atoms with Crippen molar-refractivity contribution in [3.05, 3.63) is 0 Å². The van der Waals surface area contributed by atoms with Crippen molar-refractivity contribution in [2.45, 2.75) is 27.2 Å². The van der Waals surface area contributed by atoms with Gasteiger partial charge in [0.05, 0.1) is 5.41 Å². The summed E-state index contributed by atoms with van der Waals surface area (Å²) in [7, 11) is 0.688. The van der Waals surface area contributed by atoms with Crippen molar-refractivity contribution in [3.63, 3.8) is 0 Å². The minimum absolute atomic E-state index is 0.0747. The van der Waals surface area contributed by atoms with Gasteiger partial charge >= 0.3 is 5.97 Å². The minimum atomic E-state index is -0.306. The van der Waals surface area contributed by atoms with Gasteiger partial charge in [0, 0.05) is 0 Å². The summed E-state index contributed by atoms with van der Waals surface area (Å²) >= 11 is 0. The number of carbonyl (C=O) groups excluding carboxylic acids is 1. The second-order valence-electron chi connectivity index (χ2n) is 3.17. The van der Waals surface area contributed by atoms with E-state index in [1.54, 1.807) is 0 Å². The van der Waals surface area contributed by atoms with E-state index < -0.39 is 0 Å². The molecule has 0 spiro atoms. The number of esters is 1. The van der Waals surface area contributed by atoms with Crippen molar-refractivity contribution in [3.8, 4) is 0 Å². The molecule has 0 saturated heterocycles. The molecule has 0 aromatic heterocycles. The first-order valence-corrected chi connectivity index (χ1v) is 5.57. The molecule has 0 radical (unpaired) electrons. The highest BCUT2D eigenvalue weighted by Gasteiger charge is 2.26. The molecule has 0 bridgehead atoms. The van der Waals surface area contributed by atoms with Crippen molar-refractivity contribution in [1.29, 1.82) is 0 Å². The summed E-state index contributed by atoms with van der Waals surface area (Å²) in [5.74, 6) is -0.0747. The van der Waals surface area contributed by atoms with E-state index in [1.807, 2.05) is 27.4 Å². The maximum Gasteiger partial charge on any atom is 0.311 e. The average molecular weight is 176 g/mol. The summed E-state index contributed by atoms with van der Waals surface area (Å²) in [6.45, 7) is 7.84. The van der Waals surface area contributed by atoms with E-state index in [9.17, 15) is 4.79 Å². The Balaban J connectivity index is 3.82. The largest absolute Gasteiger partial charge is 0.461 e. The Labute approximate surface area is 70.5 Å². The van der Waals surface area contributed by atoms with E-state index >= 15 is 0 Å². The van der Waals surface area contributed by atoms with Gasteiger partial charge in [0.15, 0.2) is 0 Å². The fourth-order valence-corrected chi connectivity index (χ4v) is 0.753. The van der Waals surface area contributed by atoms with Crippen LogP contribution in [0.25, 0.3) is 0 Å². The highest BCUT2D eigenvalue weighted by molar-refractivity contribution is 7.36. The lowest BCUT2D eigenvalue weighted by Gasteiger charge is -2.19. The molecular formula is C8H17O2P. The first-order chi connectivity index (χ1) is 5.04. The van der Waals surface area contributed by atoms with E-state index in [2.05, 4.69) is 0 Å². The number of carbonyl (C=O) groups is 1. The Morgan fingerprint density at radius 1 is 1.55 bits per heavy atom. The Morgan fingerprint density at radius 3 is 2.45 bits per heavy atom. The van der Waals surface area contributed by atoms with Crippen LogP contribution >= 0.6 is 8.58 Å². The van der Waals surface area contributed by atoms with Gasteiger partial charge in [-0.1, -0.05) is 15.5 Å². The van der Waals surface area contributed by atoms with Gasteiger partial charge < -0.3 is 4.74 Å². The number of hydrogen-bond acceptors (Lipinski definition) is 2. The third-order valence-electron chi connectivity index (χ3n) is 1.78. The first kappa shape index (κ1) is 10.9. The molecular weight excluding hydrogens is 159 g/mol. The Morgan fingerprint density at radius 2 is 2.09 bits per heavy atom. The molecule has 0 aromatic carbocycles. The van der Waals surface area contributed by atoms with Crippen LogP contribution in [0.5, 0.6) is 0 Å². The Hall–Kier alpha value is -0.100. The Kier molecular flexibility index (Phi) is 4.67. The fraction of sp³-hybridized carbons (Fsp3) is 0.875. The molecule has 0 aromatic rings. The second kappa shape index (κ2) is 4.71. The zero-order valence-electron chi connectivity index (χ0n) is 7.73. The summed E-state index contributed by atoms with van der Waals surface area (Å²) in [5.41, 5.74) is -0.306. The van der Waals surface area contributed by atoms with E-state index in [1.165, 1.54) is 0 Å². The molecule has 0 saturated carbocycles. The molecule has 0 fully saturated rings. The molecule has 66 valence electrons. The molecule has 0 N–H and O–H groups in total. The number of hydrogen-bond donors (Lipinski definition) is 0. The maximum absolute atomic E-state index is 11.2. The van der Waals surface area contributed by atoms with Gasteiger partial charge in [0.2, 0.25) is 0 Å². The SMILES string of the molecule is CCC(C)(C)C(=O)OCPC. The molecule has 3 heteroatoms. The summed E-state index contributed by atoms with van der Waals surface area (Å²) in [5, 5.41) is 0. The highest BCUT2D eigenvalue weighted by Crippen LogP contribution is 2.22. The minimum Gasteiger partial charge on any atom is -0.461 e. The predicted octanol–water partition coefficient (Wildman–Crippen LogP) is 2.23. The monoisotopic (exact) mass is 176 g/mol. The lowest BCUT2D eigenvalue weighted by Crippen LogP contribution is -2.25. The average Bonchev–Trinajstić information content (AvgIpc) is 2.00. The molecule has 0 aliphatic carbocycles. The van der Waals surface area contributed by atoms with E-state index in [0.29, 0.717) is 14.9 Å². The molecule has 0 aliphatic rings. The molecule has 1 unspecified atom stereocenters. The summed E-state index contributed by atoms with van der Waals surface area (Å²) < 4.78 is 5.02. The van der Waals surface area contributed by atoms with Gasteiger partial charge in [0.1, 0.15) is 6.35 Å². The van der Waals surface area contributed by atoms with E-state index in [-0.39, 0.29) is 11.4 Å². The maximum atomic E-state index is 11.2. The normalized spacial score (nSPS) is 12.4. The van der Waals surface area contributed by atoms with Crippen LogP contribution in [0.3, 0.4) is 0 Å². The van der Waals surface area contributed by atoms with Crippen molar-refractivity contribution >= 4 is 14.6 Å². The van der Waals surface area contributed by atoms with Gasteiger partial charge in [0.25, 0.3) is 0 Å². The summed E-state index contributed by atoms with van der Waals surface area (Å²) in [4.78, 5) is 11.2. The van der Waals surface area contributed by atoms with Gasteiger partial charge in [-0.05, 0) is 26.9 Å². The van der Waals surface area contributed by atoms with Crippen molar-refractivity contribution in [2.75, 3.05) is 13.0 Å². The first-order valence-electron chi connectivity index (χ1n) is 3.86. The number of ether oxygens (including phenoxy) is 1. The van der Waals surface area contributed by atoms with Crippen molar-refractivity contribution < 1.29 is 9.53 Å². The smallest absolute Gasteiger partial charge is 0.311 e. The third kappa shape index (κ3) is 3.71. The van der Waals surface area contributed by atoms with E-state index in [4.69, 9.17) is 4.74 Å². The van der Waals surface area contributed by atoms with Crippen LogP contribution in [0.4, 0.5) is 0 Å². The molecule has 0 rings (SSSR count). The van der Waals surface area contributed by atoms with Crippen LogP contribution < -0.4 is 0 Å². The van der Waals surface area contributed by atoms with Crippen LogP contribution in [-0.2, 0) is 9.53 Å².